The van der Waals surface area contributed by atoms with Crippen molar-refractivity contribution in [1.82, 2.24) is 30.2 Å². The molecular formula is C27H30N6O9S2. The molecule has 1 heterocycles. The quantitative estimate of drug-likeness (QED) is 0.158. The highest BCUT2D eigenvalue weighted by molar-refractivity contribution is 7.99. The highest BCUT2D eigenvalue weighted by Gasteiger charge is 2.26. The van der Waals surface area contributed by atoms with Gasteiger partial charge in [0.25, 0.3) is 5.91 Å². The predicted molar refractivity (Wildman–Crippen MR) is 155 cm³/mol. The lowest BCUT2D eigenvalue weighted by Crippen LogP contribution is -2.43. The van der Waals surface area contributed by atoms with Crippen LogP contribution in [-0.4, -0.2) is 79.4 Å². The van der Waals surface area contributed by atoms with Crippen molar-refractivity contribution in [2.45, 2.75) is 67.2 Å². The number of ketones is 1. The lowest BCUT2D eigenvalue weighted by atomic mass is 9.96. The van der Waals surface area contributed by atoms with Crippen LogP contribution in [0, 0.1) is 0 Å². The molecule has 0 saturated heterocycles. The van der Waals surface area contributed by atoms with E-state index < -0.39 is 57.4 Å². The summed E-state index contributed by atoms with van der Waals surface area (Å²) in [5.41, 5.74) is -0.0134. The minimum absolute atomic E-state index is 0.106. The largest absolute Gasteiger partial charge is 0.507 e. The van der Waals surface area contributed by atoms with E-state index >= 15 is 0 Å². The van der Waals surface area contributed by atoms with Gasteiger partial charge in [-0.15, -0.1) is 10.2 Å². The molecule has 0 bridgehead atoms. The molecule has 1 aromatic heterocycles. The van der Waals surface area contributed by atoms with Gasteiger partial charge in [-0.2, -0.15) is 4.80 Å². The Labute approximate surface area is 256 Å². The molecule has 4 rings (SSSR count). The van der Waals surface area contributed by atoms with Crippen molar-refractivity contribution in [3.05, 3.63) is 59.2 Å². The third kappa shape index (κ3) is 8.61. The first-order chi connectivity index (χ1) is 20.9. The van der Waals surface area contributed by atoms with Crippen LogP contribution < -0.4 is 10.0 Å². The number of carboxylic acids is 2. The van der Waals surface area contributed by atoms with Gasteiger partial charge >= 0.3 is 11.9 Å². The van der Waals surface area contributed by atoms with Crippen molar-refractivity contribution in [1.29, 1.82) is 0 Å². The molecule has 15 nitrogen and oxygen atoms in total. The number of aromatic hydroxyl groups is 1. The number of aromatic nitrogens is 4. The number of benzene rings is 2. The molecule has 234 valence electrons. The van der Waals surface area contributed by atoms with Gasteiger partial charge in [0.05, 0.1) is 29.2 Å². The standard InChI is InChI=1S/C27H30N6O9S2/c34-22-11-10-19(12-20(22)26(39)40)44(41,42)28-14-16-6-8-17(9-7-16)25(38)29-21(13-24(36)37)23(35)15-43-27-30-32-33(31-27)18-4-2-1-3-5-18/h6-12,18,21,28,34H,1-5,13-15H2,(H,29,38)(H,36,37)(H,39,40)/t21-/m0/s1. The van der Waals surface area contributed by atoms with Crippen LogP contribution in [0.25, 0.3) is 0 Å². The van der Waals surface area contributed by atoms with Gasteiger partial charge in [0.15, 0.2) is 5.78 Å². The van der Waals surface area contributed by atoms with Gasteiger partial charge in [-0.3, -0.25) is 14.4 Å². The van der Waals surface area contributed by atoms with Gasteiger partial charge in [-0.1, -0.05) is 43.2 Å². The minimum Gasteiger partial charge on any atom is -0.507 e. The van der Waals surface area contributed by atoms with E-state index in [9.17, 15) is 37.8 Å². The number of nitrogens with one attached hydrogen (secondary N) is 2. The topological polar surface area (TPSA) is 231 Å². The summed E-state index contributed by atoms with van der Waals surface area (Å²) < 4.78 is 27.5. The van der Waals surface area contributed by atoms with E-state index in [-0.39, 0.29) is 34.0 Å². The Morgan fingerprint density at radius 2 is 1.73 bits per heavy atom. The van der Waals surface area contributed by atoms with E-state index in [0.29, 0.717) is 5.56 Å². The number of phenols is 1. The van der Waals surface area contributed by atoms with Gasteiger partial charge in [0, 0.05) is 12.1 Å². The van der Waals surface area contributed by atoms with Crippen LogP contribution in [0.5, 0.6) is 5.75 Å². The molecule has 5 N–H and O–H groups in total. The van der Waals surface area contributed by atoms with Crippen LogP contribution in [-0.2, 0) is 26.2 Å². The monoisotopic (exact) mass is 646 g/mol. The number of sulfonamides is 1. The first-order valence-electron chi connectivity index (χ1n) is 13.6. The highest BCUT2D eigenvalue weighted by Crippen LogP contribution is 2.27. The van der Waals surface area contributed by atoms with Crippen LogP contribution in [0.15, 0.2) is 52.5 Å². The number of hydrogen-bond donors (Lipinski definition) is 5. The van der Waals surface area contributed by atoms with Crippen molar-refractivity contribution < 1.29 is 42.9 Å². The van der Waals surface area contributed by atoms with Crippen molar-refractivity contribution >= 4 is 45.4 Å². The second-order valence-corrected chi connectivity index (χ2v) is 12.8. The number of carboxylic acid groups (broad SMARTS) is 2. The number of hydrogen-bond acceptors (Lipinski definition) is 11. The van der Waals surface area contributed by atoms with Crippen LogP contribution in [0.3, 0.4) is 0 Å². The first-order valence-corrected chi connectivity index (χ1v) is 16.0. The normalized spacial score (nSPS) is 14.5. The summed E-state index contributed by atoms with van der Waals surface area (Å²) in [6, 6.07) is 7.39. The van der Waals surface area contributed by atoms with E-state index in [1.807, 2.05) is 0 Å². The number of aromatic carboxylic acids is 1. The number of rotatable bonds is 14. The van der Waals surface area contributed by atoms with Crippen molar-refractivity contribution in [2.75, 3.05) is 5.75 Å². The maximum atomic E-state index is 12.9. The molecule has 1 amide bonds. The molecule has 1 atom stereocenters. The van der Waals surface area contributed by atoms with Crippen molar-refractivity contribution in [3.8, 4) is 5.75 Å². The molecule has 1 aliphatic carbocycles. The van der Waals surface area contributed by atoms with Crippen LogP contribution in [0.1, 0.15) is 70.8 Å². The lowest BCUT2D eigenvalue weighted by molar-refractivity contribution is -0.139. The third-order valence-corrected chi connectivity index (χ3v) is 9.17. The molecule has 2 aromatic carbocycles. The Balaban J connectivity index is 1.33. The first kappa shape index (κ1) is 32.6. The summed E-state index contributed by atoms with van der Waals surface area (Å²) >= 11 is 1.01. The molecule has 3 aromatic rings. The number of amides is 1. The molecule has 17 heteroatoms. The van der Waals surface area contributed by atoms with E-state index in [1.165, 1.54) is 30.7 Å². The Kier molecular flexibility index (Phi) is 10.7. The van der Waals surface area contributed by atoms with E-state index in [2.05, 4.69) is 25.4 Å². The molecule has 1 saturated carbocycles. The second kappa shape index (κ2) is 14.4. The Morgan fingerprint density at radius 3 is 2.39 bits per heavy atom. The highest BCUT2D eigenvalue weighted by atomic mass is 32.2. The Hall–Kier alpha value is -4.35. The number of thioether (sulfide) groups is 1. The van der Waals surface area contributed by atoms with Gasteiger partial charge in [-0.05, 0) is 54.0 Å². The average molecular weight is 647 g/mol. The fraction of sp³-hybridized carbons (Fsp3) is 0.370. The number of tetrazole rings is 1. The molecule has 0 radical (unpaired) electrons. The number of carbonyl (C=O) groups excluding carboxylic acids is 2. The predicted octanol–water partition coefficient (Wildman–Crippen LogP) is 2.00. The number of carbonyl (C=O) groups is 4. The summed E-state index contributed by atoms with van der Waals surface area (Å²) in [7, 11) is -4.14. The molecule has 0 unspecified atom stereocenters. The molecule has 0 aliphatic heterocycles. The third-order valence-electron chi connectivity index (χ3n) is 6.92. The zero-order chi connectivity index (χ0) is 31.9. The summed E-state index contributed by atoms with van der Waals surface area (Å²) in [6.07, 6.45) is 4.63. The number of Topliss-reactive ketones (excluding diaryl/α,β-unsaturated/α-hetero) is 1. The fourth-order valence-electron chi connectivity index (χ4n) is 4.52. The maximum Gasteiger partial charge on any atom is 0.339 e. The van der Waals surface area contributed by atoms with Gasteiger partial charge in [0.1, 0.15) is 11.3 Å². The Bertz CT molecular complexity index is 1640. The van der Waals surface area contributed by atoms with E-state index in [4.69, 9.17) is 5.11 Å². The maximum absolute atomic E-state index is 12.9. The van der Waals surface area contributed by atoms with Crippen molar-refractivity contribution in [2.24, 2.45) is 0 Å². The van der Waals surface area contributed by atoms with Gasteiger partial charge in [-0.25, -0.2) is 17.9 Å². The zero-order valence-corrected chi connectivity index (χ0v) is 24.9. The lowest BCUT2D eigenvalue weighted by Gasteiger charge is -2.19. The minimum atomic E-state index is -4.14. The fourth-order valence-corrected chi connectivity index (χ4v) is 6.27. The molecular weight excluding hydrogens is 616 g/mol. The Morgan fingerprint density at radius 1 is 1.02 bits per heavy atom. The van der Waals surface area contributed by atoms with Crippen molar-refractivity contribution in [3.63, 3.8) is 0 Å². The summed E-state index contributed by atoms with van der Waals surface area (Å²) in [5.74, 6) is -4.76. The SMILES string of the molecule is O=C(O)C[C@H](NC(=O)c1ccc(CNS(=O)(=O)c2ccc(O)c(C(=O)O)c2)cc1)C(=O)CSc1nnn(C2CCCCC2)n1. The molecule has 1 aliphatic rings. The summed E-state index contributed by atoms with van der Waals surface area (Å²) in [5, 5.41) is 43.1. The van der Waals surface area contributed by atoms with Crippen LogP contribution in [0.2, 0.25) is 0 Å². The van der Waals surface area contributed by atoms with Crippen LogP contribution in [0.4, 0.5) is 0 Å². The molecule has 44 heavy (non-hydrogen) atoms. The average Bonchev–Trinajstić information content (AvgIpc) is 3.48. The number of aliphatic carboxylic acids is 1. The van der Waals surface area contributed by atoms with E-state index in [1.54, 1.807) is 4.80 Å². The molecule has 1 fully saturated rings. The molecule has 0 spiro atoms. The van der Waals surface area contributed by atoms with Crippen LogP contribution >= 0.6 is 11.8 Å². The zero-order valence-electron chi connectivity index (χ0n) is 23.2. The summed E-state index contributed by atoms with van der Waals surface area (Å²) in [6.45, 7) is -0.204. The van der Waals surface area contributed by atoms with Gasteiger partial charge in [0.2, 0.25) is 15.2 Å². The van der Waals surface area contributed by atoms with E-state index in [0.717, 1.165) is 55.6 Å². The smallest absolute Gasteiger partial charge is 0.339 e. The number of nitrogens with zero attached hydrogens (tertiary/aromatic N) is 4. The summed E-state index contributed by atoms with van der Waals surface area (Å²) in [4.78, 5) is 49.5. The second-order valence-electron chi connectivity index (χ2n) is 10.1. The van der Waals surface area contributed by atoms with Gasteiger partial charge < -0.3 is 20.6 Å².